The topological polar surface area (TPSA) is 101 Å². The van der Waals surface area contributed by atoms with Gasteiger partial charge in [0.2, 0.25) is 10.0 Å². The van der Waals surface area contributed by atoms with Crippen molar-refractivity contribution >= 4 is 33.2 Å². The molecule has 1 fully saturated rings. The van der Waals surface area contributed by atoms with Crippen LogP contribution in [0.3, 0.4) is 0 Å². The zero-order chi connectivity index (χ0) is 15.5. The van der Waals surface area contributed by atoms with E-state index in [-0.39, 0.29) is 16.6 Å². The number of nitrogens with one attached hydrogen (secondary N) is 2. The number of benzene rings is 1. The van der Waals surface area contributed by atoms with E-state index in [0.29, 0.717) is 5.69 Å². The molecule has 7 nitrogen and oxygen atoms in total. The standard InChI is InChI=1S/C12H17N3O4S2/c1-13-11-3-2-10(15(16)17)8-12(11)21(18,19)14-9-4-6-20-7-5-9/h2-3,8-9,13-14H,4-7H2,1H3. The molecular weight excluding hydrogens is 314 g/mol. The van der Waals surface area contributed by atoms with Gasteiger partial charge in [-0.1, -0.05) is 0 Å². The van der Waals surface area contributed by atoms with Gasteiger partial charge in [0.05, 0.1) is 10.6 Å². The number of hydrogen-bond donors (Lipinski definition) is 2. The summed E-state index contributed by atoms with van der Waals surface area (Å²) in [6, 6.07) is 3.66. The largest absolute Gasteiger partial charge is 0.387 e. The minimum atomic E-state index is -3.78. The molecular formula is C12H17N3O4S2. The summed E-state index contributed by atoms with van der Waals surface area (Å²) in [7, 11) is -2.20. The molecule has 1 aromatic carbocycles. The number of nitro benzene ring substituents is 1. The lowest BCUT2D eigenvalue weighted by atomic mass is 10.2. The van der Waals surface area contributed by atoms with Crippen molar-refractivity contribution in [2.24, 2.45) is 0 Å². The third kappa shape index (κ3) is 3.86. The minimum Gasteiger partial charge on any atom is -0.387 e. The summed E-state index contributed by atoms with van der Waals surface area (Å²) in [6.07, 6.45) is 1.54. The van der Waals surface area contributed by atoms with Crippen LogP contribution in [-0.2, 0) is 10.0 Å². The van der Waals surface area contributed by atoms with Crippen LogP contribution in [0.4, 0.5) is 11.4 Å². The summed E-state index contributed by atoms with van der Waals surface area (Å²) in [5.41, 5.74) is 0.104. The van der Waals surface area contributed by atoms with Crippen molar-refractivity contribution in [1.29, 1.82) is 0 Å². The van der Waals surface area contributed by atoms with Crippen LogP contribution in [0.25, 0.3) is 0 Å². The van der Waals surface area contributed by atoms with E-state index in [4.69, 9.17) is 0 Å². The van der Waals surface area contributed by atoms with Crippen LogP contribution in [0.2, 0.25) is 0 Å². The molecule has 0 atom stereocenters. The fourth-order valence-corrected chi connectivity index (χ4v) is 4.80. The summed E-state index contributed by atoms with van der Waals surface area (Å²) in [6.45, 7) is 0. The fourth-order valence-electron chi connectivity index (χ4n) is 2.15. The minimum absolute atomic E-state index is 0.0857. The summed E-state index contributed by atoms with van der Waals surface area (Å²) in [4.78, 5) is 10.1. The number of anilines is 1. The molecule has 1 aliphatic rings. The van der Waals surface area contributed by atoms with Crippen molar-refractivity contribution < 1.29 is 13.3 Å². The molecule has 2 N–H and O–H groups in total. The second kappa shape index (κ2) is 6.63. The van der Waals surface area contributed by atoms with Gasteiger partial charge in [-0.05, 0) is 30.4 Å². The van der Waals surface area contributed by atoms with Crippen LogP contribution in [0.5, 0.6) is 0 Å². The molecule has 1 heterocycles. The van der Waals surface area contributed by atoms with Crippen LogP contribution in [0, 0.1) is 10.1 Å². The van der Waals surface area contributed by atoms with E-state index in [2.05, 4.69) is 10.0 Å². The van der Waals surface area contributed by atoms with Crippen molar-refractivity contribution in [2.45, 2.75) is 23.8 Å². The number of nitro groups is 1. The maximum Gasteiger partial charge on any atom is 0.270 e. The summed E-state index contributed by atoms with van der Waals surface area (Å²) >= 11 is 1.80. The molecule has 9 heteroatoms. The van der Waals surface area contributed by atoms with E-state index in [0.717, 1.165) is 30.4 Å². The normalized spacial score (nSPS) is 16.6. The van der Waals surface area contributed by atoms with Gasteiger partial charge in [0.25, 0.3) is 5.69 Å². The highest BCUT2D eigenvalue weighted by atomic mass is 32.2. The molecule has 1 aromatic rings. The molecule has 21 heavy (non-hydrogen) atoms. The Hall–Kier alpha value is -1.32. The molecule has 1 aliphatic heterocycles. The van der Waals surface area contributed by atoms with Gasteiger partial charge in [-0.2, -0.15) is 11.8 Å². The Kier molecular flexibility index (Phi) is 5.07. The van der Waals surface area contributed by atoms with Crippen molar-refractivity contribution in [3.05, 3.63) is 28.3 Å². The number of nitrogens with zero attached hydrogens (tertiary/aromatic N) is 1. The van der Waals surface area contributed by atoms with Gasteiger partial charge in [-0.3, -0.25) is 10.1 Å². The number of sulfonamides is 1. The zero-order valence-electron chi connectivity index (χ0n) is 11.5. The smallest absolute Gasteiger partial charge is 0.270 e. The quantitative estimate of drug-likeness (QED) is 0.630. The highest BCUT2D eigenvalue weighted by molar-refractivity contribution is 7.99. The molecule has 2 rings (SSSR count). The molecule has 0 aliphatic carbocycles. The SMILES string of the molecule is CNc1ccc([N+](=O)[O-])cc1S(=O)(=O)NC1CCSCC1. The van der Waals surface area contributed by atoms with Crippen LogP contribution in [-0.4, -0.2) is 37.9 Å². The van der Waals surface area contributed by atoms with Gasteiger partial charge >= 0.3 is 0 Å². The first-order valence-electron chi connectivity index (χ1n) is 6.50. The average molecular weight is 331 g/mol. The molecule has 0 aromatic heterocycles. The lowest BCUT2D eigenvalue weighted by Crippen LogP contribution is -2.37. The maximum absolute atomic E-state index is 12.5. The highest BCUT2D eigenvalue weighted by Crippen LogP contribution is 2.27. The Labute approximate surface area is 127 Å². The summed E-state index contributed by atoms with van der Waals surface area (Å²) in [5.74, 6) is 1.84. The maximum atomic E-state index is 12.5. The first-order chi connectivity index (χ1) is 9.94. The van der Waals surface area contributed by atoms with Crippen molar-refractivity contribution in [1.82, 2.24) is 4.72 Å². The van der Waals surface area contributed by atoms with Crippen LogP contribution >= 0.6 is 11.8 Å². The molecule has 0 amide bonds. The van der Waals surface area contributed by atoms with E-state index >= 15 is 0 Å². The van der Waals surface area contributed by atoms with Gasteiger partial charge in [-0.15, -0.1) is 0 Å². The monoisotopic (exact) mass is 331 g/mol. The second-order valence-corrected chi connectivity index (χ2v) is 7.60. The molecule has 0 spiro atoms. The Balaban J connectivity index is 2.32. The average Bonchev–Trinajstić information content (AvgIpc) is 2.47. The van der Waals surface area contributed by atoms with Gasteiger partial charge in [0.1, 0.15) is 4.90 Å². The Morgan fingerprint density at radius 1 is 1.33 bits per heavy atom. The molecule has 0 bridgehead atoms. The van der Waals surface area contributed by atoms with Crippen molar-refractivity contribution in [3.8, 4) is 0 Å². The van der Waals surface area contributed by atoms with E-state index in [1.54, 1.807) is 18.8 Å². The summed E-state index contributed by atoms with van der Waals surface area (Å²) in [5, 5.41) is 13.6. The highest BCUT2D eigenvalue weighted by Gasteiger charge is 2.26. The fraction of sp³-hybridized carbons (Fsp3) is 0.500. The van der Waals surface area contributed by atoms with E-state index in [1.165, 1.54) is 12.1 Å². The Bertz CT molecular complexity index is 627. The van der Waals surface area contributed by atoms with Crippen LogP contribution in [0.1, 0.15) is 12.8 Å². The van der Waals surface area contributed by atoms with Crippen molar-refractivity contribution in [3.63, 3.8) is 0 Å². The summed E-state index contributed by atoms with van der Waals surface area (Å²) < 4.78 is 27.6. The van der Waals surface area contributed by atoms with Gasteiger partial charge < -0.3 is 5.32 Å². The third-order valence-electron chi connectivity index (χ3n) is 3.28. The number of non-ortho nitro benzene ring substituents is 1. The molecule has 0 saturated carbocycles. The molecule has 0 unspecified atom stereocenters. The zero-order valence-corrected chi connectivity index (χ0v) is 13.2. The first kappa shape index (κ1) is 16.1. The Morgan fingerprint density at radius 2 is 2.00 bits per heavy atom. The second-order valence-electron chi connectivity index (χ2n) is 4.70. The van der Waals surface area contributed by atoms with Crippen LogP contribution in [0.15, 0.2) is 23.1 Å². The van der Waals surface area contributed by atoms with E-state index in [1.807, 2.05) is 0 Å². The molecule has 1 saturated heterocycles. The first-order valence-corrected chi connectivity index (χ1v) is 9.14. The van der Waals surface area contributed by atoms with Crippen molar-refractivity contribution in [2.75, 3.05) is 23.9 Å². The molecule has 116 valence electrons. The van der Waals surface area contributed by atoms with Gasteiger partial charge in [-0.25, -0.2) is 13.1 Å². The molecule has 0 radical (unpaired) electrons. The number of hydrogen-bond acceptors (Lipinski definition) is 6. The third-order valence-corrected chi connectivity index (χ3v) is 5.89. The Morgan fingerprint density at radius 3 is 2.57 bits per heavy atom. The number of thioether (sulfide) groups is 1. The lowest BCUT2D eigenvalue weighted by Gasteiger charge is -2.23. The number of rotatable bonds is 5. The van der Waals surface area contributed by atoms with E-state index in [9.17, 15) is 18.5 Å². The lowest BCUT2D eigenvalue weighted by molar-refractivity contribution is -0.385. The van der Waals surface area contributed by atoms with Gasteiger partial charge in [0.15, 0.2) is 0 Å². The predicted molar refractivity (Wildman–Crippen MR) is 83.3 cm³/mol. The van der Waals surface area contributed by atoms with E-state index < -0.39 is 14.9 Å². The van der Waals surface area contributed by atoms with Gasteiger partial charge in [0, 0.05) is 25.2 Å². The predicted octanol–water partition coefficient (Wildman–Crippen LogP) is 1.81. The van der Waals surface area contributed by atoms with Crippen LogP contribution < -0.4 is 10.0 Å².